The predicted molar refractivity (Wildman–Crippen MR) is 202 cm³/mol. The third-order valence-corrected chi connectivity index (χ3v) is 10.4. The first-order valence-electron chi connectivity index (χ1n) is 17.2. The second-order valence-corrected chi connectivity index (χ2v) is 13.1. The van der Waals surface area contributed by atoms with Crippen LogP contribution in [0.1, 0.15) is 33.4 Å². The fraction of sp³-hybridized carbons (Fsp3) is 0.0652. The van der Waals surface area contributed by atoms with Crippen molar-refractivity contribution in [3.63, 3.8) is 0 Å². The SMILES string of the molecule is C1=CCNC(C2C=C(c3ccccc3-c3ccc4c(c3)Oc3ccccc3C43c4ccccc4-c4ccccc43)N=C(c3ccccc3)N2)=C1. The normalized spacial score (nSPS) is 17.4. The third-order valence-electron chi connectivity index (χ3n) is 10.4. The molecule has 4 heteroatoms. The van der Waals surface area contributed by atoms with Crippen molar-refractivity contribution >= 4 is 11.5 Å². The molecule has 0 fully saturated rings. The summed E-state index contributed by atoms with van der Waals surface area (Å²) in [5.74, 6) is 2.61. The zero-order valence-corrected chi connectivity index (χ0v) is 27.3. The van der Waals surface area contributed by atoms with Crippen LogP contribution < -0.4 is 15.4 Å². The van der Waals surface area contributed by atoms with E-state index in [1.807, 2.05) is 6.07 Å². The first-order valence-corrected chi connectivity index (χ1v) is 17.2. The monoisotopic (exact) mass is 643 g/mol. The van der Waals surface area contributed by atoms with E-state index in [2.05, 4.69) is 174 Å². The molecule has 0 saturated heterocycles. The maximum absolute atomic E-state index is 6.84. The van der Waals surface area contributed by atoms with Crippen LogP contribution in [0.3, 0.4) is 0 Å². The Bertz CT molecular complexity index is 2410. The number of benzene rings is 6. The number of allylic oxidation sites excluding steroid dienone is 2. The largest absolute Gasteiger partial charge is 0.457 e. The van der Waals surface area contributed by atoms with Gasteiger partial charge in [0.15, 0.2) is 0 Å². The van der Waals surface area contributed by atoms with E-state index in [0.717, 1.165) is 63.1 Å². The smallest absolute Gasteiger partial charge is 0.134 e. The highest BCUT2D eigenvalue weighted by atomic mass is 16.5. The molecule has 0 saturated carbocycles. The van der Waals surface area contributed by atoms with Gasteiger partial charge in [-0.2, -0.15) is 0 Å². The molecule has 3 aliphatic heterocycles. The van der Waals surface area contributed by atoms with Crippen molar-refractivity contribution in [3.05, 3.63) is 209 Å². The number of fused-ring (bicyclic) bond motifs is 9. The number of rotatable bonds is 4. The number of hydrogen-bond donors (Lipinski definition) is 2. The van der Waals surface area contributed by atoms with Gasteiger partial charge >= 0.3 is 0 Å². The highest BCUT2D eigenvalue weighted by Gasteiger charge is 2.50. The second-order valence-electron chi connectivity index (χ2n) is 13.1. The summed E-state index contributed by atoms with van der Waals surface area (Å²) >= 11 is 0. The van der Waals surface area contributed by atoms with E-state index in [9.17, 15) is 0 Å². The molecule has 6 aromatic carbocycles. The number of nitrogens with one attached hydrogen (secondary N) is 2. The van der Waals surface area contributed by atoms with Crippen LogP contribution in [0.5, 0.6) is 11.5 Å². The lowest BCUT2D eigenvalue weighted by Crippen LogP contribution is -2.42. The first kappa shape index (κ1) is 28.6. The van der Waals surface area contributed by atoms with E-state index >= 15 is 0 Å². The van der Waals surface area contributed by atoms with Gasteiger partial charge in [-0.05, 0) is 57.7 Å². The minimum absolute atomic E-state index is 0.0542. The number of ether oxygens (including phenoxy) is 1. The number of para-hydroxylation sites is 1. The van der Waals surface area contributed by atoms with E-state index in [0.29, 0.717) is 0 Å². The van der Waals surface area contributed by atoms with Crippen LogP contribution in [0.2, 0.25) is 0 Å². The van der Waals surface area contributed by atoms with Crippen molar-refractivity contribution in [3.8, 4) is 33.8 Å². The van der Waals surface area contributed by atoms with Crippen LogP contribution in [0.15, 0.2) is 181 Å². The van der Waals surface area contributed by atoms with E-state index < -0.39 is 5.41 Å². The molecule has 2 N–H and O–H groups in total. The highest BCUT2D eigenvalue weighted by Crippen LogP contribution is 2.62. The molecule has 0 aromatic heterocycles. The molecular weight excluding hydrogens is 611 g/mol. The molecule has 6 aromatic rings. The number of amidine groups is 1. The topological polar surface area (TPSA) is 45.6 Å². The minimum atomic E-state index is -0.482. The van der Waals surface area contributed by atoms with Gasteiger partial charge in [0, 0.05) is 34.5 Å². The van der Waals surface area contributed by atoms with Gasteiger partial charge in [0.1, 0.15) is 17.3 Å². The van der Waals surface area contributed by atoms with Crippen LogP contribution in [0, 0.1) is 0 Å². The van der Waals surface area contributed by atoms with Gasteiger partial charge in [-0.3, -0.25) is 0 Å². The van der Waals surface area contributed by atoms with Crippen molar-refractivity contribution < 1.29 is 4.74 Å². The van der Waals surface area contributed by atoms with Crippen molar-refractivity contribution in [2.45, 2.75) is 11.5 Å². The Morgan fingerprint density at radius 2 is 1.22 bits per heavy atom. The summed E-state index contributed by atoms with van der Waals surface area (Å²) in [6.45, 7) is 0.802. The third kappa shape index (κ3) is 4.28. The average Bonchev–Trinajstić information content (AvgIpc) is 3.49. The molecule has 4 aliphatic rings. The first-order chi connectivity index (χ1) is 24.8. The zero-order chi connectivity index (χ0) is 33.1. The molecule has 0 bridgehead atoms. The van der Waals surface area contributed by atoms with Crippen LogP contribution in [0.25, 0.3) is 28.0 Å². The summed E-state index contributed by atoms with van der Waals surface area (Å²) in [5, 5.41) is 7.24. The summed E-state index contributed by atoms with van der Waals surface area (Å²) < 4.78 is 6.84. The van der Waals surface area contributed by atoms with Crippen molar-refractivity contribution in [2.24, 2.45) is 4.99 Å². The van der Waals surface area contributed by atoms with E-state index in [1.54, 1.807) is 0 Å². The molecule has 10 rings (SSSR count). The van der Waals surface area contributed by atoms with Crippen LogP contribution in [-0.4, -0.2) is 18.4 Å². The van der Waals surface area contributed by atoms with Crippen LogP contribution >= 0.6 is 0 Å². The van der Waals surface area contributed by atoms with Crippen LogP contribution in [0.4, 0.5) is 0 Å². The molecule has 1 spiro atoms. The van der Waals surface area contributed by atoms with E-state index in [1.165, 1.54) is 27.8 Å². The Balaban J connectivity index is 1.15. The number of aliphatic imine (C=N–C) groups is 1. The van der Waals surface area contributed by atoms with Gasteiger partial charge in [0.05, 0.1) is 17.2 Å². The molecule has 1 aliphatic carbocycles. The van der Waals surface area contributed by atoms with Crippen molar-refractivity contribution in [1.29, 1.82) is 0 Å². The van der Waals surface area contributed by atoms with Gasteiger partial charge in [-0.1, -0.05) is 146 Å². The Morgan fingerprint density at radius 1 is 0.580 bits per heavy atom. The summed E-state index contributed by atoms with van der Waals surface area (Å²) in [5.41, 5.74) is 13.3. The molecule has 3 heterocycles. The number of hydrogen-bond acceptors (Lipinski definition) is 4. The predicted octanol–water partition coefficient (Wildman–Crippen LogP) is 9.63. The van der Waals surface area contributed by atoms with Gasteiger partial charge in [0.25, 0.3) is 0 Å². The Kier molecular flexibility index (Phi) is 6.50. The Hall–Kier alpha value is -6.39. The molecule has 50 heavy (non-hydrogen) atoms. The maximum Gasteiger partial charge on any atom is 0.134 e. The lowest BCUT2D eigenvalue weighted by Gasteiger charge is -2.39. The van der Waals surface area contributed by atoms with Gasteiger partial charge in [-0.25, -0.2) is 4.99 Å². The summed E-state index contributed by atoms with van der Waals surface area (Å²) in [6, 6.07) is 51.9. The average molecular weight is 644 g/mol. The van der Waals surface area contributed by atoms with E-state index in [4.69, 9.17) is 9.73 Å². The van der Waals surface area contributed by atoms with E-state index in [-0.39, 0.29) is 6.04 Å². The quantitative estimate of drug-likeness (QED) is 0.201. The van der Waals surface area contributed by atoms with Gasteiger partial charge in [0.2, 0.25) is 0 Å². The summed E-state index contributed by atoms with van der Waals surface area (Å²) in [7, 11) is 0. The molecule has 238 valence electrons. The molecular formula is C46H33N3O. The Labute approximate surface area is 291 Å². The van der Waals surface area contributed by atoms with Gasteiger partial charge < -0.3 is 15.4 Å². The fourth-order valence-electron chi connectivity index (χ4n) is 8.27. The van der Waals surface area contributed by atoms with Crippen molar-refractivity contribution in [2.75, 3.05) is 6.54 Å². The minimum Gasteiger partial charge on any atom is -0.457 e. The highest BCUT2D eigenvalue weighted by molar-refractivity contribution is 6.04. The lowest BCUT2D eigenvalue weighted by atomic mass is 9.66. The maximum atomic E-state index is 6.84. The second kappa shape index (κ2) is 11.4. The standard InChI is InChI=1S/C46H33N3O/c1-2-14-30(15-3-1)45-48-41(29-42(49-45)40-23-12-13-27-47-40)35-19-5-4-16-32(35)31-25-26-39-44(28-31)50-43-24-11-10-22-38(43)46(39)36-20-8-6-17-33(36)34-18-7-9-21-37(34)46/h1-26,28-29,42,47H,27H2,(H,48,49). The molecule has 0 amide bonds. The number of dihydropyridines is 1. The molecule has 1 atom stereocenters. The molecule has 1 unspecified atom stereocenters. The van der Waals surface area contributed by atoms with Crippen LogP contribution in [-0.2, 0) is 5.41 Å². The number of nitrogens with zero attached hydrogens (tertiary/aromatic N) is 1. The summed E-state index contributed by atoms with van der Waals surface area (Å²) in [6.07, 6.45) is 8.61. The zero-order valence-electron chi connectivity index (χ0n) is 27.3. The fourth-order valence-corrected chi connectivity index (χ4v) is 8.27. The Morgan fingerprint density at radius 3 is 1.96 bits per heavy atom. The van der Waals surface area contributed by atoms with Gasteiger partial charge in [-0.15, -0.1) is 0 Å². The molecule has 0 radical (unpaired) electrons. The van der Waals surface area contributed by atoms with Crippen molar-refractivity contribution in [1.82, 2.24) is 10.6 Å². The molecule has 4 nitrogen and oxygen atoms in total. The summed E-state index contributed by atoms with van der Waals surface area (Å²) in [4.78, 5) is 5.24. The lowest BCUT2D eigenvalue weighted by molar-refractivity contribution is 0.436.